The third-order valence-corrected chi connectivity index (χ3v) is 5.54. The van der Waals surface area contributed by atoms with Gasteiger partial charge in [-0.15, -0.1) is 11.3 Å². The molecule has 1 N–H and O–H groups in total. The molecule has 1 aliphatic heterocycles. The first-order valence-corrected chi connectivity index (χ1v) is 9.73. The van der Waals surface area contributed by atoms with Crippen molar-refractivity contribution in [2.24, 2.45) is 0 Å². The zero-order valence-corrected chi connectivity index (χ0v) is 16.0. The van der Waals surface area contributed by atoms with Gasteiger partial charge in [-0.2, -0.15) is 0 Å². The molecular formula is C18H31N3O2S. The summed E-state index contributed by atoms with van der Waals surface area (Å²) in [7, 11) is 1.67. The average molecular weight is 354 g/mol. The Labute approximate surface area is 150 Å². The molecule has 0 bridgehead atoms. The molecule has 1 atom stereocenters. The standard InChI is InChI=1S/C18H31N3O2S/c1-15(20-9-5-4-6-10-20)13-19-18(22)21(11-12-23-3)14-17-8-7-16(2)24-17/h7-8,15H,4-6,9-14H2,1-3H3,(H,19,22). The quantitative estimate of drug-likeness (QED) is 0.781. The van der Waals surface area contributed by atoms with Crippen molar-refractivity contribution in [1.29, 1.82) is 0 Å². The molecule has 1 aliphatic rings. The number of hydrogen-bond donors (Lipinski definition) is 1. The number of likely N-dealkylation sites (tertiary alicyclic amines) is 1. The molecule has 1 fully saturated rings. The van der Waals surface area contributed by atoms with Gasteiger partial charge in [-0.25, -0.2) is 4.79 Å². The monoisotopic (exact) mass is 353 g/mol. The minimum absolute atomic E-state index is 0.00182. The maximum absolute atomic E-state index is 12.6. The summed E-state index contributed by atoms with van der Waals surface area (Å²) in [5, 5.41) is 3.11. The molecule has 1 saturated heterocycles. The van der Waals surface area contributed by atoms with Crippen molar-refractivity contribution in [1.82, 2.24) is 15.1 Å². The first kappa shape index (κ1) is 19.2. The third-order valence-electron chi connectivity index (χ3n) is 4.56. The lowest BCUT2D eigenvalue weighted by molar-refractivity contribution is 0.140. The van der Waals surface area contributed by atoms with Gasteiger partial charge in [0, 0.05) is 36.0 Å². The molecule has 0 saturated carbocycles. The van der Waals surface area contributed by atoms with E-state index in [1.165, 1.54) is 29.0 Å². The number of urea groups is 1. The number of ether oxygens (including phenoxy) is 1. The van der Waals surface area contributed by atoms with Crippen LogP contribution in [0.2, 0.25) is 0 Å². The summed E-state index contributed by atoms with van der Waals surface area (Å²) in [4.78, 5) is 19.4. The molecule has 0 aromatic carbocycles. The Morgan fingerprint density at radius 2 is 2.12 bits per heavy atom. The summed E-state index contributed by atoms with van der Waals surface area (Å²) in [6.45, 7) is 9.11. The van der Waals surface area contributed by atoms with Gasteiger partial charge in [-0.1, -0.05) is 6.42 Å². The average Bonchev–Trinajstić information content (AvgIpc) is 3.01. The van der Waals surface area contributed by atoms with E-state index in [4.69, 9.17) is 4.74 Å². The minimum atomic E-state index is 0.00182. The van der Waals surface area contributed by atoms with E-state index in [1.807, 2.05) is 4.90 Å². The Bertz CT molecular complexity index is 500. The maximum atomic E-state index is 12.6. The van der Waals surface area contributed by atoms with Crippen molar-refractivity contribution in [3.05, 3.63) is 21.9 Å². The van der Waals surface area contributed by atoms with E-state index in [9.17, 15) is 4.79 Å². The molecule has 0 aliphatic carbocycles. The van der Waals surface area contributed by atoms with Crippen LogP contribution in [0.15, 0.2) is 12.1 Å². The van der Waals surface area contributed by atoms with E-state index < -0.39 is 0 Å². The van der Waals surface area contributed by atoms with Crippen LogP contribution in [0.4, 0.5) is 4.79 Å². The van der Waals surface area contributed by atoms with Crippen LogP contribution in [0, 0.1) is 6.92 Å². The number of methoxy groups -OCH3 is 1. The van der Waals surface area contributed by atoms with Gasteiger partial charge in [0.1, 0.15) is 0 Å². The number of piperidine rings is 1. The molecule has 6 heteroatoms. The van der Waals surface area contributed by atoms with Crippen molar-refractivity contribution in [3.63, 3.8) is 0 Å². The van der Waals surface area contributed by atoms with Crippen LogP contribution in [0.25, 0.3) is 0 Å². The lowest BCUT2D eigenvalue weighted by atomic mass is 10.1. The predicted octanol–water partition coefficient (Wildman–Crippen LogP) is 3.09. The summed E-state index contributed by atoms with van der Waals surface area (Å²) in [5.41, 5.74) is 0. The number of carbonyl (C=O) groups excluding carboxylic acids is 1. The van der Waals surface area contributed by atoms with Crippen LogP contribution < -0.4 is 5.32 Å². The highest BCUT2D eigenvalue weighted by molar-refractivity contribution is 7.11. The first-order chi connectivity index (χ1) is 11.6. The largest absolute Gasteiger partial charge is 0.383 e. The zero-order valence-electron chi connectivity index (χ0n) is 15.2. The van der Waals surface area contributed by atoms with Crippen LogP contribution in [0.3, 0.4) is 0 Å². The highest BCUT2D eigenvalue weighted by atomic mass is 32.1. The van der Waals surface area contributed by atoms with Crippen molar-refractivity contribution < 1.29 is 9.53 Å². The fourth-order valence-electron chi connectivity index (χ4n) is 3.05. The SMILES string of the molecule is COCCN(Cc1ccc(C)s1)C(=O)NCC(C)N1CCCCC1. The Morgan fingerprint density at radius 3 is 2.75 bits per heavy atom. The van der Waals surface area contributed by atoms with Gasteiger partial charge in [0.05, 0.1) is 13.2 Å². The number of amides is 2. The number of aryl methyl sites for hydroxylation is 1. The number of carbonyl (C=O) groups is 1. The fourth-order valence-corrected chi connectivity index (χ4v) is 3.95. The predicted molar refractivity (Wildman–Crippen MR) is 99.6 cm³/mol. The second-order valence-electron chi connectivity index (χ2n) is 6.56. The highest BCUT2D eigenvalue weighted by Gasteiger charge is 2.19. The molecule has 5 nitrogen and oxygen atoms in total. The summed E-state index contributed by atoms with van der Waals surface area (Å²) < 4.78 is 5.16. The Balaban J connectivity index is 1.84. The second kappa shape index (κ2) is 10.0. The summed E-state index contributed by atoms with van der Waals surface area (Å²) in [6.07, 6.45) is 3.88. The number of rotatable bonds is 8. The van der Waals surface area contributed by atoms with Gasteiger partial charge in [-0.3, -0.25) is 4.90 Å². The highest BCUT2D eigenvalue weighted by Crippen LogP contribution is 2.17. The number of nitrogens with zero attached hydrogens (tertiary/aromatic N) is 2. The Kier molecular flexibility index (Phi) is 8.02. The maximum Gasteiger partial charge on any atom is 0.317 e. The van der Waals surface area contributed by atoms with Gasteiger partial charge in [-0.05, 0) is 51.9 Å². The van der Waals surface area contributed by atoms with Crippen LogP contribution in [0.5, 0.6) is 0 Å². The Morgan fingerprint density at radius 1 is 1.38 bits per heavy atom. The number of thiophene rings is 1. The molecule has 136 valence electrons. The molecule has 1 aromatic heterocycles. The van der Waals surface area contributed by atoms with E-state index in [0.29, 0.717) is 32.3 Å². The minimum Gasteiger partial charge on any atom is -0.383 e. The van der Waals surface area contributed by atoms with Gasteiger partial charge in [0.25, 0.3) is 0 Å². The summed E-state index contributed by atoms with van der Waals surface area (Å²) >= 11 is 1.74. The van der Waals surface area contributed by atoms with E-state index in [0.717, 1.165) is 13.1 Å². The van der Waals surface area contributed by atoms with Gasteiger partial charge in [0.15, 0.2) is 0 Å². The van der Waals surface area contributed by atoms with Crippen LogP contribution >= 0.6 is 11.3 Å². The van der Waals surface area contributed by atoms with E-state index in [1.54, 1.807) is 18.4 Å². The fraction of sp³-hybridized carbons (Fsp3) is 0.722. The van der Waals surface area contributed by atoms with Gasteiger partial charge in [0.2, 0.25) is 0 Å². The lowest BCUT2D eigenvalue weighted by Crippen LogP contribution is -2.48. The van der Waals surface area contributed by atoms with E-state index in [2.05, 4.69) is 36.2 Å². The molecule has 24 heavy (non-hydrogen) atoms. The molecule has 2 heterocycles. The summed E-state index contributed by atoms with van der Waals surface area (Å²) in [5.74, 6) is 0. The van der Waals surface area contributed by atoms with Gasteiger partial charge < -0.3 is 15.0 Å². The molecule has 0 spiro atoms. The van der Waals surface area contributed by atoms with E-state index >= 15 is 0 Å². The van der Waals surface area contributed by atoms with Crippen molar-refractivity contribution in [3.8, 4) is 0 Å². The molecular weight excluding hydrogens is 322 g/mol. The zero-order chi connectivity index (χ0) is 17.4. The molecule has 1 unspecified atom stereocenters. The second-order valence-corrected chi connectivity index (χ2v) is 7.93. The smallest absolute Gasteiger partial charge is 0.317 e. The van der Waals surface area contributed by atoms with Crippen LogP contribution in [0.1, 0.15) is 35.9 Å². The summed E-state index contributed by atoms with van der Waals surface area (Å²) in [6, 6.07) is 4.60. The third kappa shape index (κ3) is 6.07. The number of nitrogens with one attached hydrogen (secondary N) is 1. The lowest BCUT2D eigenvalue weighted by Gasteiger charge is -2.33. The number of hydrogen-bond acceptors (Lipinski definition) is 4. The van der Waals surface area contributed by atoms with Crippen LogP contribution in [-0.2, 0) is 11.3 Å². The molecule has 2 amide bonds. The van der Waals surface area contributed by atoms with Gasteiger partial charge >= 0.3 is 6.03 Å². The topological polar surface area (TPSA) is 44.8 Å². The van der Waals surface area contributed by atoms with Crippen molar-refractivity contribution in [2.75, 3.05) is 39.9 Å². The van der Waals surface area contributed by atoms with Crippen molar-refractivity contribution >= 4 is 17.4 Å². The van der Waals surface area contributed by atoms with E-state index in [-0.39, 0.29) is 6.03 Å². The Hall–Kier alpha value is -1.11. The first-order valence-electron chi connectivity index (χ1n) is 8.91. The molecule has 0 radical (unpaired) electrons. The molecule has 2 rings (SSSR count). The molecule has 1 aromatic rings. The normalized spacial score (nSPS) is 16.8. The van der Waals surface area contributed by atoms with Crippen molar-refractivity contribution in [2.45, 2.75) is 45.7 Å². The van der Waals surface area contributed by atoms with Crippen LogP contribution in [-0.4, -0.2) is 61.8 Å².